The molecule has 18 heavy (non-hydrogen) atoms. The van der Waals surface area contributed by atoms with Crippen LogP contribution in [0, 0.1) is 5.41 Å². The predicted molar refractivity (Wildman–Crippen MR) is 72.5 cm³/mol. The van der Waals surface area contributed by atoms with E-state index in [1.807, 2.05) is 24.3 Å². The van der Waals surface area contributed by atoms with Gasteiger partial charge in [0.15, 0.2) is 0 Å². The lowest BCUT2D eigenvalue weighted by molar-refractivity contribution is 0.000675. The molecule has 0 aromatic heterocycles. The molecule has 1 aromatic rings. The lowest BCUT2D eigenvalue weighted by atomic mass is 9.68. The van der Waals surface area contributed by atoms with E-state index in [1.165, 1.54) is 19.3 Å². The van der Waals surface area contributed by atoms with Gasteiger partial charge in [0.25, 0.3) is 0 Å². The smallest absolute Gasteiger partial charge is 0.118 e. The highest BCUT2D eigenvalue weighted by Gasteiger charge is 2.38. The number of nitrogens with two attached hydrogens (primary N) is 1. The van der Waals surface area contributed by atoms with Gasteiger partial charge >= 0.3 is 0 Å². The standard InChI is InChI=1S/C15H23NO2/c1-18-13-7-5-12(6-8-13)14(17)15(11-16)9-3-2-4-10-15/h5-8,14,17H,2-4,9-11,16H2,1H3. The van der Waals surface area contributed by atoms with E-state index in [9.17, 15) is 5.11 Å². The first-order valence-corrected chi connectivity index (χ1v) is 6.74. The summed E-state index contributed by atoms with van der Waals surface area (Å²) in [4.78, 5) is 0. The van der Waals surface area contributed by atoms with E-state index in [4.69, 9.17) is 10.5 Å². The van der Waals surface area contributed by atoms with Crippen molar-refractivity contribution in [3.8, 4) is 5.75 Å². The monoisotopic (exact) mass is 249 g/mol. The number of rotatable bonds is 4. The highest BCUT2D eigenvalue weighted by atomic mass is 16.5. The first-order valence-electron chi connectivity index (χ1n) is 6.74. The Hall–Kier alpha value is -1.06. The molecule has 0 aliphatic heterocycles. The Balaban J connectivity index is 2.19. The molecule has 0 heterocycles. The molecule has 1 saturated carbocycles. The second-order valence-corrected chi connectivity index (χ2v) is 5.30. The first-order chi connectivity index (χ1) is 8.72. The zero-order chi connectivity index (χ0) is 13.0. The van der Waals surface area contributed by atoms with Crippen LogP contribution in [-0.4, -0.2) is 18.8 Å². The highest BCUT2D eigenvalue weighted by molar-refractivity contribution is 5.29. The highest BCUT2D eigenvalue weighted by Crippen LogP contribution is 2.45. The Morgan fingerprint density at radius 3 is 2.33 bits per heavy atom. The molecule has 0 bridgehead atoms. The maximum atomic E-state index is 10.6. The maximum absolute atomic E-state index is 10.6. The summed E-state index contributed by atoms with van der Waals surface area (Å²) in [7, 11) is 1.65. The molecule has 0 spiro atoms. The van der Waals surface area contributed by atoms with Crippen LogP contribution in [0.4, 0.5) is 0 Å². The molecule has 0 radical (unpaired) electrons. The van der Waals surface area contributed by atoms with E-state index in [2.05, 4.69) is 0 Å². The number of aliphatic hydroxyl groups is 1. The third kappa shape index (κ3) is 2.52. The second-order valence-electron chi connectivity index (χ2n) is 5.30. The van der Waals surface area contributed by atoms with Crippen LogP contribution in [0.15, 0.2) is 24.3 Å². The van der Waals surface area contributed by atoms with Gasteiger partial charge in [-0.2, -0.15) is 0 Å². The molecule has 1 aromatic carbocycles. The van der Waals surface area contributed by atoms with E-state index in [-0.39, 0.29) is 5.41 Å². The minimum atomic E-state index is -0.464. The fraction of sp³-hybridized carbons (Fsp3) is 0.600. The minimum absolute atomic E-state index is 0.132. The van der Waals surface area contributed by atoms with Crippen LogP contribution in [0.5, 0.6) is 5.75 Å². The van der Waals surface area contributed by atoms with E-state index < -0.39 is 6.10 Å². The van der Waals surface area contributed by atoms with Gasteiger partial charge in [0.2, 0.25) is 0 Å². The van der Waals surface area contributed by atoms with Crippen molar-refractivity contribution in [2.75, 3.05) is 13.7 Å². The van der Waals surface area contributed by atoms with Crippen molar-refractivity contribution in [3.05, 3.63) is 29.8 Å². The quantitative estimate of drug-likeness (QED) is 0.862. The van der Waals surface area contributed by atoms with Gasteiger partial charge in [-0.15, -0.1) is 0 Å². The van der Waals surface area contributed by atoms with Crippen molar-refractivity contribution in [2.45, 2.75) is 38.2 Å². The lowest BCUT2D eigenvalue weighted by Gasteiger charge is -2.40. The maximum Gasteiger partial charge on any atom is 0.118 e. The van der Waals surface area contributed by atoms with Gasteiger partial charge < -0.3 is 15.6 Å². The van der Waals surface area contributed by atoms with Gasteiger partial charge in [0, 0.05) is 12.0 Å². The normalized spacial score (nSPS) is 20.4. The molecule has 1 aliphatic carbocycles. The molecular formula is C15H23NO2. The topological polar surface area (TPSA) is 55.5 Å². The van der Waals surface area contributed by atoms with Gasteiger partial charge in [-0.3, -0.25) is 0 Å². The van der Waals surface area contributed by atoms with Crippen molar-refractivity contribution in [1.82, 2.24) is 0 Å². The summed E-state index contributed by atoms with van der Waals surface area (Å²) in [5.41, 5.74) is 6.76. The Morgan fingerprint density at radius 2 is 1.83 bits per heavy atom. The van der Waals surface area contributed by atoms with Crippen molar-refractivity contribution in [3.63, 3.8) is 0 Å². The molecule has 2 rings (SSSR count). The summed E-state index contributed by atoms with van der Waals surface area (Å²) in [5, 5.41) is 10.6. The zero-order valence-corrected chi connectivity index (χ0v) is 11.1. The molecular weight excluding hydrogens is 226 g/mol. The van der Waals surface area contributed by atoms with Gasteiger partial charge in [-0.05, 0) is 30.5 Å². The van der Waals surface area contributed by atoms with Crippen LogP contribution < -0.4 is 10.5 Å². The summed E-state index contributed by atoms with van der Waals surface area (Å²) in [6, 6.07) is 7.67. The Labute approximate surface area is 109 Å². The molecule has 1 atom stereocenters. The Bertz CT molecular complexity index is 369. The third-order valence-electron chi connectivity index (χ3n) is 4.27. The lowest BCUT2D eigenvalue weighted by Crippen LogP contribution is -2.38. The van der Waals surface area contributed by atoms with Crippen molar-refractivity contribution in [2.24, 2.45) is 11.1 Å². The summed E-state index contributed by atoms with van der Waals surface area (Å²) >= 11 is 0. The number of aliphatic hydroxyl groups excluding tert-OH is 1. The molecule has 100 valence electrons. The molecule has 3 heteroatoms. The number of hydrogen-bond donors (Lipinski definition) is 2. The third-order valence-corrected chi connectivity index (χ3v) is 4.27. The number of hydrogen-bond acceptors (Lipinski definition) is 3. The largest absolute Gasteiger partial charge is 0.497 e. The fourth-order valence-corrected chi connectivity index (χ4v) is 2.98. The van der Waals surface area contributed by atoms with Crippen LogP contribution in [-0.2, 0) is 0 Å². The molecule has 0 saturated heterocycles. The summed E-state index contributed by atoms with van der Waals surface area (Å²) in [6.07, 6.45) is 5.19. The van der Waals surface area contributed by atoms with Gasteiger partial charge in [-0.25, -0.2) is 0 Å². The van der Waals surface area contributed by atoms with Crippen molar-refractivity contribution >= 4 is 0 Å². The number of benzene rings is 1. The van der Waals surface area contributed by atoms with E-state index in [0.29, 0.717) is 6.54 Å². The Morgan fingerprint density at radius 1 is 1.22 bits per heavy atom. The van der Waals surface area contributed by atoms with E-state index >= 15 is 0 Å². The summed E-state index contributed by atoms with van der Waals surface area (Å²) < 4.78 is 5.14. The average Bonchev–Trinajstić information content (AvgIpc) is 2.47. The zero-order valence-electron chi connectivity index (χ0n) is 11.1. The van der Waals surface area contributed by atoms with Gasteiger partial charge in [0.05, 0.1) is 13.2 Å². The van der Waals surface area contributed by atoms with E-state index in [0.717, 1.165) is 24.2 Å². The van der Waals surface area contributed by atoms with Crippen LogP contribution in [0.1, 0.15) is 43.8 Å². The molecule has 0 amide bonds. The first kappa shape index (κ1) is 13.4. The van der Waals surface area contributed by atoms with Gasteiger partial charge in [-0.1, -0.05) is 31.4 Å². The molecule has 1 fully saturated rings. The van der Waals surface area contributed by atoms with Crippen LogP contribution in [0.3, 0.4) is 0 Å². The van der Waals surface area contributed by atoms with Crippen molar-refractivity contribution < 1.29 is 9.84 Å². The fourth-order valence-electron chi connectivity index (χ4n) is 2.98. The average molecular weight is 249 g/mol. The predicted octanol–water partition coefficient (Wildman–Crippen LogP) is 2.64. The van der Waals surface area contributed by atoms with Crippen LogP contribution in [0.25, 0.3) is 0 Å². The number of ether oxygens (including phenoxy) is 1. The summed E-state index contributed by atoms with van der Waals surface area (Å²) in [6.45, 7) is 0.556. The molecule has 3 nitrogen and oxygen atoms in total. The molecule has 1 unspecified atom stereocenters. The molecule has 1 aliphatic rings. The Kier molecular flexibility index (Phi) is 4.25. The van der Waals surface area contributed by atoms with Crippen LogP contribution in [0.2, 0.25) is 0 Å². The van der Waals surface area contributed by atoms with E-state index in [1.54, 1.807) is 7.11 Å². The second kappa shape index (κ2) is 5.72. The minimum Gasteiger partial charge on any atom is -0.497 e. The number of methoxy groups -OCH3 is 1. The van der Waals surface area contributed by atoms with Crippen molar-refractivity contribution in [1.29, 1.82) is 0 Å². The summed E-state index contributed by atoms with van der Waals surface area (Å²) in [5.74, 6) is 0.816. The molecule has 3 N–H and O–H groups in total. The SMILES string of the molecule is COc1ccc(C(O)C2(CN)CCCCC2)cc1. The van der Waals surface area contributed by atoms with Crippen LogP contribution >= 0.6 is 0 Å². The van der Waals surface area contributed by atoms with Gasteiger partial charge in [0.1, 0.15) is 5.75 Å².